The van der Waals surface area contributed by atoms with Gasteiger partial charge in [-0.15, -0.1) is 11.3 Å². The van der Waals surface area contributed by atoms with Crippen molar-refractivity contribution in [3.63, 3.8) is 0 Å². The number of rotatable bonds is 5. The van der Waals surface area contributed by atoms with Crippen LogP contribution in [0.2, 0.25) is 0 Å². The molecular weight excluding hydrogens is 381 g/mol. The number of nitrogens with one attached hydrogen (secondary N) is 1. The van der Waals surface area contributed by atoms with E-state index in [0.717, 1.165) is 17.8 Å². The summed E-state index contributed by atoms with van der Waals surface area (Å²) in [7, 11) is 0. The maximum atomic E-state index is 13.0. The normalized spacial score (nSPS) is 11.7. The van der Waals surface area contributed by atoms with Gasteiger partial charge in [-0.3, -0.25) is 15.5 Å². The van der Waals surface area contributed by atoms with Gasteiger partial charge in [-0.1, -0.05) is 36.4 Å². The van der Waals surface area contributed by atoms with Crippen LogP contribution in [0.25, 0.3) is 11.3 Å². The quantitative estimate of drug-likeness (QED) is 0.368. The van der Waals surface area contributed by atoms with Crippen LogP contribution in [0.5, 0.6) is 0 Å². The lowest BCUT2D eigenvalue weighted by Crippen LogP contribution is -2.10. The van der Waals surface area contributed by atoms with Crippen molar-refractivity contribution >= 4 is 28.4 Å². The summed E-state index contributed by atoms with van der Waals surface area (Å²) < 4.78 is 38.9. The highest BCUT2D eigenvalue weighted by atomic mass is 32.1. The molecule has 1 heterocycles. The van der Waals surface area contributed by atoms with Gasteiger partial charge in [0.2, 0.25) is 5.13 Å². The minimum absolute atomic E-state index is 0.262. The summed E-state index contributed by atoms with van der Waals surface area (Å²) in [5.41, 5.74) is 1.57. The first-order chi connectivity index (χ1) is 12.9. The van der Waals surface area contributed by atoms with Crippen molar-refractivity contribution in [3.8, 4) is 11.3 Å². The molecule has 0 saturated heterocycles. The van der Waals surface area contributed by atoms with E-state index in [1.165, 1.54) is 17.4 Å². The Morgan fingerprint density at radius 2 is 1.89 bits per heavy atom. The SMILES string of the molecule is O=[N+]([O-])c1c(C=NNc2nc(-c3ccccc3)cs2)cccc1C(F)(F)F. The van der Waals surface area contributed by atoms with Crippen LogP contribution in [-0.2, 0) is 6.18 Å². The van der Waals surface area contributed by atoms with Crippen molar-refractivity contribution in [2.75, 3.05) is 5.43 Å². The van der Waals surface area contributed by atoms with E-state index in [1.807, 2.05) is 30.3 Å². The van der Waals surface area contributed by atoms with Crippen LogP contribution in [-0.4, -0.2) is 16.1 Å². The smallest absolute Gasteiger partial charge is 0.258 e. The monoisotopic (exact) mass is 392 g/mol. The van der Waals surface area contributed by atoms with Gasteiger partial charge in [-0.2, -0.15) is 18.3 Å². The van der Waals surface area contributed by atoms with Gasteiger partial charge in [0.1, 0.15) is 5.56 Å². The van der Waals surface area contributed by atoms with Crippen LogP contribution in [0.4, 0.5) is 24.0 Å². The average Bonchev–Trinajstić information content (AvgIpc) is 3.10. The first-order valence-electron chi connectivity index (χ1n) is 7.51. The zero-order valence-corrected chi connectivity index (χ0v) is 14.3. The maximum Gasteiger partial charge on any atom is 0.423 e. The van der Waals surface area contributed by atoms with Gasteiger partial charge >= 0.3 is 6.18 Å². The summed E-state index contributed by atoms with van der Waals surface area (Å²) in [4.78, 5) is 14.3. The number of benzene rings is 2. The number of halogens is 3. The number of nitro benzene ring substituents is 1. The molecule has 0 saturated carbocycles. The number of anilines is 1. The molecule has 0 unspecified atom stereocenters. The van der Waals surface area contributed by atoms with Crippen LogP contribution >= 0.6 is 11.3 Å². The van der Waals surface area contributed by atoms with Crippen LogP contribution in [0.15, 0.2) is 59.0 Å². The van der Waals surface area contributed by atoms with E-state index in [4.69, 9.17) is 0 Å². The van der Waals surface area contributed by atoms with Crippen LogP contribution in [0.1, 0.15) is 11.1 Å². The summed E-state index contributed by atoms with van der Waals surface area (Å²) in [6.45, 7) is 0. The topological polar surface area (TPSA) is 80.4 Å². The van der Waals surface area contributed by atoms with E-state index in [-0.39, 0.29) is 5.56 Å². The van der Waals surface area contributed by atoms with Gasteiger partial charge in [0.25, 0.3) is 5.69 Å². The van der Waals surface area contributed by atoms with Crippen molar-refractivity contribution in [2.24, 2.45) is 5.10 Å². The van der Waals surface area contributed by atoms with E-state index in [0.29, 0.717) is 16.9 Å². The summed E-state index contributed by atoms with van der Waals surface area (Å²) in [6, 6.07) is 12.3. The number of hydrazone groups is 1. The van der Waals surface area contributed by atoms with E-state index >= 15 is 0 Å². The van der Waals surface area contributed by atoms with E-state index in [2.05, 4.69) is 15.5 Å². The molecule has 0 amide bonds. The minimum Gasteiger partial charge on any atom is -0.258 e. The first-order valence-corrected chi connectivity index (χ1v) is 8.39. The molecule has 6 nitrogen and oxygen atoms in total. The Balaban J connectivity index is 1.81. The van der Waals surface area contributed by atoms with Gasteiger partial charge in [0.15, 0.2) is 0 Å². The van der Waals surface area contributed by atoms with Crippen molar-refractivity contribution in [3.05, 3.63) is 75.2 Å². The fourth-order valence-corrected chi connectivity index (χ4v) is 2.99. The fraction of sp³-hybridized carbons (Fsp3) is 0.0588. The third kappa shape index (κ3) is 4.29. The Morgan fingerprint density at radius 1 is 1.15 bits per heavy atom. The van der Waals surface area contributed by atoms with Crippen LogP contribution < -0.4 is 5.43 Å². The van der Waals surface area contributed by atoms with Crippen LogP contribution in [0, 0.1) is 10.1 Å². The molecule has 138 valence electrons. The van der Waals surface area contributed by atoms with Crippen molar-refractivity contribution in [2.45, 2.75) is 6.18 Å². The molecule has 1 aromatic heterocycles. The Bertz CT molecular complexity index is 987. The van der Waals surface area contributed by atoms with Gasteiger partial charge < -0.3 is 0 Å². The fourth-order valence-electron chi connectivity index (χ4n) is 2.32. The highest BCUT2D eigenvalue weighted by Crippen LogP contribution is 2.37. The molecule has 0 aliphatic heterocycles. The number of alkyl halides is 3. The Kier molecular flexibility index (Phi) is 5.17. The molecule has 0 aliphatic carbocycles. The number of para-hydroxylation sites is 1. The maximum absolute atomic E-state index is 13.0. The molecular formula is C17H11F3N4O2S. The molecule has 1 N–H and O–H groups in total. The summed E-state index contributed by atoms with van der Waals surface area (Å²) in [5.74, 6) is 0. The highest BCUT2D eigenvalue weighted by Gasteiger charge is 2.39. The lowest BCUT2D eigenvalue weighted by molar-refractivity contribution is -0.388. The first kappa shape index (κ1) is 18.5. The van der Waals surface area contributed by atoms with Crippen molar-refractivity contribution in [1.29, 1.82) is 0 Å². The number of nitro groups is 1. The number of hydrogen-bond acceptors (Lipinski definition) is 6. The zero-order valence-electron chi connectivity index (χ0n) is 13.5. The molecule has 27 heavy (non-hydrogen) atoms. The van der Waals surface area contributed by atoms with Gasteiger partial charge in [0, 0.05) is 10.9 Å². The Hall–Kier alpha value is -3.27. The molecule has 0 atom stereocenters. The second-order valence-corrected chi connectivity index (χ2v) is 6.13. The molecule has 10 heteroatoms. The summed E-state index contributed by atoms with van der Waals surface area (Å²) in [6.07, 6.45) is -3.86. The molecule has 0 fully saturated rings. The molecule has 3 aromatic rings. The average molecular weight is 392 g/mol. The molecule has 0 spiro atoms. The molecule has 0 aliphatic rings. The van der Waals surface area contributed by atoms with Crippen molar-refractivity contribution in [1.82, 2.24) is 4.98 Å². The minimum atomic E-state index is -4.83. The van der Waals surface area contributed by atoms with E-state index in [1.54, 1.807) is 5.38 Å². The summed E-state index contributed by atoms with van der Waals surface area (Å²) >= 11 is 1.25. The standard InChI is InChI=1S/C17H11F3N4O2S/c18-17(19,20)13-8-4-7-12(15(13)24(25)26)9-21-23-16-22-14(10-27-16)11-5-2-1-3-6-11/h1-10H,(H,22,23). The third-order valence-electron chi connectivity index (χ3n) is 3.49. The second kappa shape index (κ2) is 7.54. The number of hydrogen-bond donors (Lipinski definition) is 1. The van der Waals surface area contributed by atoms with E-state index < -0.39 is 22.4 Å². The number of nitrogens with zero attached hydrogens (tertiary/aromatic N) is 3. The predicted molar refractivity (Wildman–Crippen MR) is 96.9 cm³/mol. The Labute approximate surface area is 155 Å². The lowest BCUT2D eigenvalue weighted by Gasteiger charge is -2.08. The molecule has 2 aromatic carbocycles. The number of aromatic nitrogens is 1. The van der Waals surface area contributed by atoms with Crippen molar-refractivity contribution < 1.29 is 18.1 Å². The second-order valence-electron chi connectivity index (χ2n) is 5.27. The molecule has 3 rings (SSSR count). The molecule has 0 radical (unpaired) electrons. The largest absolute Gasteiger partial charge is 0.423 e. The lowest BCUT2D eigenvalue weighted by atomic mass is 10.1. The third-order valence-corrected chi connectivity index (χ3v) is 4.24. The van der Waals surface area contributed by atoms with Gasteiger partial charge in [-0.05, 0) is 12.1 Å². The van der Waals surface area contributed by atoms with Gasteiger partial charge in [-0.25, -0.2) is 4.98 Å². The van der Waals surface area contributed by atoms with Gasteiger partial charge in [0.05, 0.1) is 22.4 Å². The zero-order chi connectivity index (χ0) is 19.4. The summed E-state index contributed by atoms with van der Waals surface area (Å²) in [5, 5.41) is 17.1. The van der Waals surface area contributed by atoms with E-state index in [9.17, 15) is 23.3 Å². The number of thiazole rings is 1. The molecule has 0 bridgehead atoms. The predicted octanol–water partition coefficient (Wildman–Crippen LogP) is 5.18. The highest BCUT2D eigenvalue weighted by molar-refractivity contribution is 7.14. The van der Waals surface area contributed by atoms with Crippen LogP contribution in [0.3, 0.4) is 0 Å². The Morgan fingerprint density at radius 3 is 2.56 bits per heavy atom.